The minimum absolute atomic E-state index is 0.174. The van der Waals surface area contributed by atoms with Crippen molar-refractivity contribution < 1.29 is 33.4 Å². The Morgan fingerprint density at radius 3 is 2.18 bits per heavy atom. The lowest BCUT2D eigenvalue weighted by Crippen LogP contribution is -2.45. The third-order valence-electron chi connectivity index (χ3n) is 5.18. The quantitative estimate of drug-likeness (QED) is 0.379. The van der Waals surface area contributed by atoms with Gasteiger partial charge in [-0.25, -0.2) is 9.59 Å². The smallest absolute Gasteiger partial charge is 0.340 e. The maximum Gasteiger partial charge on any atom is 0.340 e. The van der Waals surface area contributed by atoms with Gasteiger partial charge in [-0.2, -0.15) is 0 Å². The minimum Gasteiger partial charge on any atom is -0.494 e. The molecule has 1 heterocycles. The van der Waals surface area contributed by atoms with Crippen LogP contribution in [-0.2, 0) is 14.3 Å². The monoisotopic (exact) mass is 472 g/mol. The van der Waals surface area contributed by atoms with Gasteiger partial charge in [0.1, 0.15) is 11.8 Å². The van der Waals surface area contributed by atoms with E-state index in [1.165, 1.54) is 0 Å². The van der Waals surface area contributed by atoms with Crippen molar-refractivity contribution in [2.24, 2.45) is 5.92 Å². The molecule has 1 amide bonds. The highest BCUT2D eigenvalue weighted by atomic mass is 16.5. The maximum absolute atomic E-state index is 12.7. The van der Waals surface area contributed by atoms with Crippen LogP contribution >= 0.6 is 0 Å². The molecule has 2 rings (SSSR count). The van der Waals surface area contributed by atoms with E-state index in [0.29, 0.717) is 34.7 Å². The number of aromatic amines is 1. The lowest BCUT2D eigenvalue weighted by Gasteiger charge is -2.20. The zero-order valence-electron chi connectivity index (χ0n) is 20.4. The Balaban J connectivity index is 2.05. The fourth-order valence-corrected chi connectivity index (χ4v) is 3.43. The van der Waals surface area contributed by atoms with Gasteiger partial charge in [-0.3, -0.25) is 9.59 Å². The number of rotatable bonds is 11. The predicted molar refractivity (Wildman–Crippen MR) is 125 cm³/mol. The Labute approximate surface area is 199 Å². The number of carbonyl (C=O) groups excluding carboxylic acids is 4. The number of Topliss-reactive ketones (excluding diaryl/α,β-unsaturated/α-hetero) is 1. The van der Waals surface area contributed by atoms with Crippen LogP contribution in [0.25, 0.3) is 0 Å². The highest BCUT2D eigenvalue weighted by Crippen LogP contribution is 2.20. The lowest BCUT2D eigenvalue weighted by atomic mass is 10.0. The van der Waals surface area contributed by atoms with Gasteiger partial charge < -0.3 is 24.5 Å². The number of aromatic nitrogens is 1. The number of benzene rings is 1. The molecule has 0 fully saturated rings. The van der Waals surface area contributed by atoms with Crippen molar-refractivity contribution in [3.8, 4) is 5.75 Å². The number of carbonyl (C=O) groups is 4. The molecule has 1 aromatic heterocycles. The summed E-state index contributed by atoms with van der Waals surface area (Å²) in [5.74, 6) is -1.84. The molecule has 1 aromatic carbocycles. The molecule has 184 valence electrons. The predicted octanol–water partition coefficient (Wildman–Crippen LogP) is 3.39. The molecule has 0 unspecified atom stereocenters. The topological polar surface area (TPSA) is 124 Å². The fraction of sp³-hybridized carbons (Fsp3) is 0.440. The van der Waals surface area contributed by atoms with Gasteiger partial charge in [0.05, 0.1) is 24.5 Å². The molecule has 34 heavy (non-hydrogen) atoms. The van der Waals surface area contributed by atoms with Crippen LogP contribution in [0.15, 0.2) is 24.3 Å². The first kappa shape index (κ1) is 26.6. The number of amides is 1. The molecule has 2 N–H and O–H groups in total. The van der Waals surface area contributed by atoms with E-state index >= 15 is 0 Å². The van der Waals surface area contributed by atoms with Crippen LogP contribution in [0.2, 0.25) is 0 Å². The second-order valence-corrected chi connectivity index (χ2v) is 8.03. The number of aryl methyl sites for hydroxylation is 1. The van der Waals surface area contributed by atoms with Crippen molar-refractivity contribution in [1.29, 1.82) is 0 Å². The molecule has 0 aliphatic heterocycles. The number of ketones is 1. The summed E-state index contributed by atoms with van der Waals surface area (Å²) < 4.78 is 15.6. The second-order valence-electron chi connectivity index (χ2n) is 8.03. The van der Waals surface area contributed by atoms with Crippen LogP contribution in [0.5, 0.6) is 5.75 Å². The summed E-state index contributed by atoms with van der Waals surface area (Å²) in [6.07, 6.45) is 0. The van der Waals surface area contributed by atoms with Gasteiger partial charge in [-0.05, 0) is 63.4 Å². The maximum atomic E-state index is 12.7. The van der Waals surface area contributed by atoms with E-state index in [1.807, 2.05) is 6.92 Å². The first-order valence-electron chi connectivity index (χ1n) is 11.2. The normalized spacial score (nSPS) is 11.6. The van der Waals surface area contributed by atoms with E-state index in [9.17, 15) is 19.2 Å². The summed E-state index contributed by atoms with van der Waals surface area (Å²) in [5, 5.41) is 2.67. The number of esters is 2. The van der Waals surface area contributed by atoms with Crippen molar-refractivity contribution in [3.63, 3.8) is 0 Å². The molecule has 0 spiro atoms. The van der Waals surface area contributed by atoms with Crippen LogP contribution in [0, 0.1) is 19.8 Å². The van der Waals surface area contributed by atoms with Crippen molar-refractivity contribution >= 4 is 23.6 Å². The van der Waals surface area contributed by atoms with Crippen LogP contribution in [0.4, 0.5) is 0 Å². The zero-order chi connectivity index (χ0) is 25.4. The summed E-state index contributed by atoms with van der Waals surface area (Å²) in [4.78, 5) is 53.0. The summed E-state index contributed by atoms with van der Waals surface area (Å²) in [6, 6.07) is 5.60. The number of hydrogen-bond acceptors (Lipinski definition) is 7. The van der Waals surface area contributed by atoms with E-state index in [-0.39, 0.29) is 18.2 Å². The largest absolute Gasteiger partial charge is 0.494 e. The van der Waals surface area contributed by atoms with E-state index in [4.69, 9.17) is 14.2 Å². The molecule has 1 atom stereocenters. The van der Waals surface area contributed by atoms with Crippen LogP contribution in [0.1, 0.15) is 70.2 Å². The highest BCUT2D eigenvalue weighted by molar-refractivity contribution is 6.03. The third-order valence-corrected chi connectivity index (χ3v) is 5.18. The van der Waals surface area contributed by atoms with Gasteiger partial charge in [-0.1, -0.05) is 13.8 Å². The van der Waals surface area contributed by atoms with Gasteiger partial charge in [0.25, 0.3) is 5.91 Å². The van der Waals surface area contributed by atoms with Gasteiger partial charge in [-0.15, -0.1) is 0 Å². The molecule has 0 aliphatic rings. The van der Waals surface area contributed by atoms with Gasteiger partial charge in [0.2, 0.25) is 5.78 Å². The van der Waals surface area contributed by atoms with Crippen molar-refractivity contribution in [2.45, 2.75) is 47.6 Å². The second kappa shape index (κ2) is 12.0. The number of ether oxygens (including phenoxy) is 3. The molecule has 9 nitrogen and oxygen atoms in total. The average molecular weight is 473 g/mol. The Kier molecular flexibility index (Phi) is 9.41. The van der Waals surface area contributed by atoms with Crippen molar-refractivity contribution in [1.82, 2.24) is 10.3 Å². The van der Waals surface area contributed by atoms with E-state index in [2.05, 4.69) is 10.3 Å². The first-order valence-corrected chi connectivity index (χ1v) is 11.2. The van der Waals surface area contributed by atoms with E-state index < -0.39 is 36.3 Å². The highest BCUT2D eigenvalue weighted by Gasteiger charge is 2.28. The molecule has 0 saturated heterocycles. The lowest BCUT2D eigenvalue weighted by molar-refractivity contribution is -0.145. The molecule has 0 bridgehead atoms. The van der Waals surface area contributed by atoms with Crippen molar-refractivity contribution in [3.05, 3.63) is 52.3 Å². The van der Waals surface area contributed by atoms with Crippen LogP contribution in [0.3, 0.4) is 0 Å². The Hall–Kier alpha value is -3.62. The first-order chi connectivity index (χ1) is 16.1. The van der Waals surface area contributed by atoms with Crippen LogP contribution < -0.4 is 10.1 Å². The summed E-state index contributed by atoms with van der Waals surface area (Å²) in [7, 11) is 0. The zero-order valence-corrected chi connectivity index (χ0v) is 20.4. The van der Waals surface area contributed by atoms with Gasteiger partial charge >= 0.3 is 11.9 Å². The summed E-state index contributed by atoms with van der Waals surface area (Å²) >= 11 is 0. The Morgan fingerprint density at radius 1 is 0.971 bits per heavy atom. The van der Waals surface area contributed by atoms with Crippen LogP contribution in [-0.4, -0.2) is 54.5 Å². The molecule has 2 aromatic rings. The molecule has 9 heteroatoms. The van der Waals surface area contributed by atoms with Crippen molar-refractivity contribution in [2.75, 3.05) is 19.8 Å². The molecule has 0 saturated carbocycles. The minimum atomic E-state index is -0.951. The molecule has 0 radical (unpaired) electrons. The average Bonchev–Trinajstić information content (AvgIpc) is 3.10. The van der Waals surface area contributed by atoms with E-state index in [0.717, 1.165) is 0 Å². The number of H-pyrrole nitrogens is 1. The fourth-order valence-electron chi connectivity index (χ4n) is 3.43. The third kappa shape index (κ3) is 6.46. The van der Waals surface area contributed by atoms with Gasteiger partial charge in [0.15, 0.2) is 6.61 Å². The standard InChI is InChI=1S/C25H32N2O7/c1-7-32-18-11-9-17(10-12-18)23(29)27-21(14(3)4)25(31)34-13-19(28)22-15(5)20(16(6)26-22)24(30)33-8-2/h9-12,14,21,26H,7-8,13H2,1-6H3,(H,27,29)/t21-/m0/s1. The van der Waals surface area contributed by atoms with E-state index in [1.54, 1.807) is 58.9 Å². The molecule has 0 aliphatic carbocycles. The Bertz CT molecular complexity index is 1040. The molecular weight excluding hydrogens is 440 g/mol. The van der Waals surface area contributed by atoms with Gasteiger partial charge in [0, 0.05) is 11.3 Å². The SMILES string of the molecule is CCOC(=O)c1c(C)[nH]c(C(=O)COC(=O)[C@@H](NC(=O)c2ccc(OCC)cc2)C(C)C)c1C. The molecular formula is C25H32N2O7. The number of hydrogen-bond donors (Lipinski definition) is 2. The summed E-state index contributed by atoms with van der Waals surface area (Å²) in [6.45, 7) is 10.5. The Morgan fingerprint density at radius 2 is 1.62 bits per heavy atom. The summed E-state index contributed by atoms with van der Waals surface area (Å²) in [5.41, 5.74) is 1.75. The number of nitrogens with one attached hydrogen (secondary N) is 2.